The van der Waals surface area contributed by atoms with Gasteiger partial charge in [-0.05, 0) is 44.9 Å². The van der Waals surface area contributed by atoms with Crippen LogP contribution >= 0.6 is 0 Å². The van der Waals surface area contributed by atoms with Gasteiger partial charge in [0.25, 0.3) is 0 Å². The van der Waals surface area contributed by atoms with E-state index in [1.807, 2.05) is 0 Å². The molecule has 0 atom stereocenters. The molecule has 0 radical (unpaired) electrons. The fourth-order valence-electron chi connectivity index (χ4n) is 7.94. The van der Waals surface area contributed by atoms with Crippen molar-refractivity contribution in [1.29, 1.82) is 0 Å². The van der Waals surface area contributed by atoms with Gasteiger partial charge in [0.1, 0.15) is 0 Å². The lowest BCUT2D eigenvalue weighted by molar-refractivity contribution is -0.143. The number of carbonyl (C=O) groups is 1. The first-order valence-electron chi connectivity index (χ1n) is 25.2. The third-order valence-corrected chi connectivity index (χ3v) is 11.7. The van der Waals surface area contributed by atoms with E-state index in [9.17, 15) is 4.79 Å². The highest BCUT2D eigenvalue weighted by atomic mass is 16.5. The van der Waals surface area contributed by atoms with Crippen LogP contribution in [0.1, 0.15) is 296 Å². The summed E-state index contributed by atoms with van der Waals surface area (Å²) in [6, 6.07) is 0. The van der Waals surface area contributed by atoms with Crippen LogP contribution in [0, 0.1) is 0 Å². The minimum Gasteiger partial charge on any atom is -0.466 e. The van der Waals surface area contributed by atoms with Crippen molar-refractivity contribution >= 4 is 5.97 Å². The summed E-state index contributed by atoms with van der Waals surface area (Å²) >= 11 is 0. The maximum atomic E-state index is 12.1. The first-order chi connectivity index (χ1) is 26.8. The highest BCUT2D eigenvalue weighted by molar-refractivity contribution is 5.69. The number of rotatable bonds is 48. The Labute approximate surface area is 340 Å². The van der Waals surface area contributed by atoms with E-state index in [0.29, 0.717) is 19.6 Å². The van der Waals surface area contributed by atoms with Crippen molar-refractivity contribution in [3.63, 3.8) is 0 Å². The van der Waals surface area contributed by atoms with E-state index in [1.54, 1.807) is 0 Å². The number of hydrogen-bond donors (Lipinski definition) is 1. The quantitative estimate of drug-likeness (QED) is 0.0382. The Bertz CT molecular complexity index is 703. The van der Waals surface area contributed by atoms with Gasteiger partial charge in [-0.1, -0.05) is 257 Å². The van der Waals surface area contributed by atoms with Crippen LogP contribution in [0.15, 0.2) is 12.2 Å². The summed E-state index contributed by atoms with van der Waals surface area (Å²) in [6.45, 7) is 3.28. The molecule has 0 saturated heterocycles. The molecule has 0 aliphatic carbocycles. The predicted octanol–water partition coefficient (Wildman–Crippen LogP) is 17.7. The number of hydrogen-bond acceptors (Lipinski definition) is 3. The van der Waals surface area contributed by atoms with Gasteiger partial charge in [0.2, 0.25) is 0 Å². The molecule has 3 nitrogen and oxygen atoms in total. The maximum Gasteiger partial charge on any atom is 0.305 e. The average Bonchev–Trinajstić information content (AvgIpc) is 3.18. The summed E-state index contributed by atoms with van der Waals surface area (Å²) in [7, 11) is 0. The summed E-state index contributed by atoms with van der Waals surface area (Å²) in [5, 5.41) is 8.81. The Balaban J connectivity index is 3.16. The fraction of sp³-hybridized carbons (Fsp3) is 0.941. The number of aliphatic hydroxyl groups excluding tert-OH is 1. The summed E-state index contributed by atoms with van der Waals surface area (Å²) in [4.78, 5) is 12.1. The third-order valence-electron chi connectivity index (χ3n) is 11.7. The van der Waals surface area contributed by atoms with E-state index in [1.165, 1.54) is 263 Å². The molecule has 54 heavy (non-hydrogen) atoms. The molecule has 0 aliphatic rings. The van der Waals surface area contributed by atoms with Gasteiger partial charge in [0.05, 0.1) is 6.61 Å². The Morgan fingerprint density at radius 2 is 0.611 bits per heavy atom. The van der Waals surface area contributed by atoms with E-state index >= 15 is 0 Å². The number of aliphatic hydroxyl groups is 1. The largest absolute Gasteiger partial charge is 0.466 e. The fourth-order valence-corrected chi connectivity index (χ4v) is 7.94. The topological polar surface area (TPSA) is 46.5 Å². The van der Waals surface area contributed by atoms with Gasteiger partial charge in [-0.3, -0.25) is 4.79 Å². The lowest BCUT2D eigenvalue weighted by atomic mass is 10.0. The molecule has 322 valence electrons. The molecular formula is C51H100O3. The molecule has 0 amide bonds. The van der Waals surface area contributed by atoms with Gasteiger partial charge in [0, 0.05) is 13.0 Å². The van der Waals surface area contributed by atoms with Crippen LogP contribution in [-0.4, -0.2) is 24.3 Å². The summed E-state index contributed by atoms with van der Waals surface area (Å²) in [5.74, 6) is 0.0260. The second-order valence-electron chi connectivity index (χ2n) is 17.2. The van der Waals surface area contributed by atoms with Crippen molar-refractivity contribution in [3.8, 4) is 0 Å². The molecule has 0 aromatic rings. The second-order valence-corrected chi connectivity index (χ2v) is 17.2. The lowest BCUT2D eigenvalue weighted by Crippen LogP contribution is -2.05. The van der Waals surface area contributed by atoms with Crippen molar-refractivity contribution in [2.45, 2.75) is 296 Å². The molecule has 0 rings (SSSR count). The zero-order valence-corrected chi connectivity index (χ0v) is 37.2. The van der Waals surface area contributed by atoms with Crippen molar-refractivity contribution in [1.82, 2.24) is 0 Å². The zero-order valence-electron chi connectivity index (χ0n) is 37.2. The monoisotopic (exact) mass is 761 g/mol. The number of allylic oxidation sites excluding steroid dienone is 2. The summed E-state index contributed by atoms with van der Waals surface area (Å²) < 4.78 is 5.49. The first-order valence-corrected chi connectivity index (χ1v) is 25.2. The standard InChI is InChI=1S/C51H100O3/c1-2-3-4-5-6-7-8-9-10-11-12-18-21-24-27-30-33-36-39-42-45-48-51(53)54-50-47-44-41-38-35-32-29-26-23-20-17-15-13-14-16-19-22-25-28-31-34-37-40-43-46-49-52/h9-10,52H,2-8,11-50H2,1H3. The van der Waals surface area contributed by atoms with E-state index in [0.717, 1.165) is 19.3 Å². The molecule has 0 heterocycles. The maximum absolute atomic E-state index is 12.1. The van der Waals surface area contributed by atoms with E-state index in [2.05, 4.69) is 19.1 Å². The van der Waals surface area contributed by atoms with E-state index in [-0.39, 0.29) is 5.97 Å². The van der Waals surface area contributed by atoms with E-state index in [4.69, 9.17) is 9.84 Å². The number of carbonyl (C=O) groups excluding carboxylic acids is 1. The number of ether oxygens (including phenoxy) is 1. The van der Waals surface area contributed by atoms with Gasteiger partial charge < -0.3 is 9.84 Å². The van der Waals surface area contributed by atoms with Gasteiger partial charge in [0.15, 0.2) is 0 Å². The Kier molecular flexibility index (Phi) is 49.4. The normalized spacial score (nSPS) is 11.7. The SMILES string of the molecule is CCCCCCCCC=CCCCCCCCCCCCCCC(=O)OCCCCCCCCCCCCCCCCCCCCCCCCCCCO. The average molecular weight is 761 g/mol. The molecule has 0 fully saturated rings. The summed E-state index contributed by atoms with van der Waals surface area (Å²) in [6.07, 6.45) is 65.0. The molecule has 0 aromatic carbocycles. The molecule has 0 bridgehead atoms. The molecule has 0 unspecified atom stereocenters. The Morgan fingerprint density at radius 1 is 0.352 bits per heavy atom. The first kappa shape index (κ1) is 53.2. The van der Waals surface area contributed by atoms with Crippen molar-refractivity contribution in [2.24, 2.45) is 0 Å². The molecule has 0 spiro atoms. The van der Waals surface area contributed by atoms with Gasteiger partial charge in [-0.15, -0.1) is 0 Å². The van der Waals surface area contributed by atoms with Crippen LogP contribution in [0.2, 0.25) is 0 Å². The van der Waals surface area contributed by atoms with E-state index < -0.39 is 0 Å². The second kappa shape index (κ2) is 50.2. The van der Waals surface area contributed by atoms with Gasteiger partial charge >= 0.3 is 5.97 Å². The zero-order chi connectivity index (χ0) is 38.9. The van der Waals surface area contributed by atoms with Crippen LogP contribution in [0.3, 0.4) is 0 Å². The third kappa shape index (κ3) is 49.2. The van der Waals surface area contributed by atoms with Crippen LogP contribution in [0.25, 0.3) is 0 Å². The van der Waals surface area contributed by atoms with Crippen molar-refractivity contribution < 1.29 is 14.6 Å². The number of esters is 1. The van der Waals surface area contributed by atoms with Crippen molar-refractivity contribution in [2.75, 3.05) is 13.2 Å². The molecule has 0 aromatic heterocycles. The molecule has 0 saturated carbocycles. The van der Waals surface area contributed by atoms with Gasteiger partial charge in [-0.25, -0.2) is 0 Å². The van der Waals surface area contributed by atoms with Crippen LogP contribution < -0.4 is 0 Å². The highest BCUT2D eigenvalue weighted by Crippen LogP contribution is 2.17. The summed E-state index contributed by atoms with van der Waals surface area (Å²) in [5.41, 5.74) is 0. The number of unbranched alkanes of at least 4 members (excludes halogenated alkanes) is 41. The van der Waals surface area contributed by atoms with Crippen LogP contribution in [0.5, 0.6) is 0 Å². The molecule has 1 N–H and O–H groups in total. The van der Waals surface area contributed by atoms with Crippen molar-refractivity contribution in [3.05, 3.63) is 12.2 Å². The van der Waals surface area contributed by atoms with Crippen LogP contribution in [-0.2, 0) is 9.53 Å². The molecular weight excluding hydrogens is 661 g/mol. The van der Waals surface area contributed by atoms with Crippen LogP contribution in [0.4, 0.5) is 0 Å². The lowest BCUT2D eigenvalue weighted by Gasteiger charge is -2.06. The Morgan fingerprint density at radius 3 is 0.926 bits per heavy atom. The smallest absolute Gasteiger partial charge is 0.305 e. The molecule has 3 heteroatoms. The predicted molar refractivity (Wildman–Crippen MR) is 241 cm³/mol. The minimum absolute atomic E-state index is 0.0260. The highest BCUT2D eigenvalue weighted by Gasteiger charge is 2.03. The molecule has 0 aliphatic heterocycles. The minimum atomic E-state index is 0.0260. The van der Waals surface area contributed by atoms with Gasteiger partial charge in [-0.2, -0.15) is 0 Å². The Hall–Kier alpha value is -0.830.